The van der Waals surface area contributed by atoms with Crippen molar-refractivity contribution < 1.29 is 14.3 Å². The fourth-order valence-electron chi connectivity index (χ4n) is 1.57. The van der Waals surface area contributed by atoms with E-state index in [1.807, 2.05) is 0 Å². The number of benzene rings is 1. The van der Waals surface area contributed by atoms with Crippen LogP contribution in [0.3, 0.4) is 0 Å². The van der Waals surface area contributed by atoms with Gasteiger partial charge in [-0.25, -0.2) is 5.84 Å². The zero-order valence-electron chi connectivity index (χ0n) is 10.8. The monoisotopic (exact) mass is 253 g/mol. The van der Waals surface area contributed by atoms with E-state index in [9.17, 15) is 4.79 Å². The lowest BCUT2D eigenvalue weighted by Crippen LogP contribution is -2.35. The van der Waals surface area contributed by atoms with Gasteiger partial charge in [0.1, 0.15) is 11.5 Å². The molecule has 4 N–H and O–H groups in total. The second-order valence-electron chi connectivity index (χ2n) is 3.92. The maximum absolute atomic E-state index is 11.5. The van der Waals surface area contributed by atoms with E-state index in [4.69, 9.17) is 21.1 Å². The second kappa shape index (κ2) is 6.23. The van der Waals surface area contributed by atoms with E-state index in [0.717, 1.165) is 5.01 Å². The highest BCUT2D eigenvalue weighted by atomic mass is 16.5. The van der Waals surface area contributed by atoms with E-state index in [1.54, 1.807) is 32.4 Å². The molecule has 0 spiro atoms. The summed E-state index contributed by atoms with van der Waals surface area (Å²) in [5.41, 5.74) is 6.71. The van der Waals surface area contributed by atoms with Gasteiger partial charge in [-0.3, -0.25) is 9.80 Å². The fourth-order valence-corrected chi connectivity index (χ4v) is 1.57. The van der Waals surface area contributed by atoms with Crippen molar-refractivity contribution in [3.05, 3.63) is 23.8 Å². The van der Waals surface area contributed by atoms with Gasteiger partial charge in [-0.05, 0) is 18.2 Å². The first-order valence-electron chi connectivity index (χ1n) is 5.48. The Morgan fingerprint density at radius 2 is 2.06 bits per heavy atom. The smallest absolute Gasteiger partial charge is 0.238 e. The molecule has 1 aromatic rings. The third-order valence-electron chi connectivity index (χ3n) is 2.62. The molecule has 6 nitrogen and oxygen atoms in total. The Bertz CT molecular complexity index is 421. The fraction of sp³-hybridized carbons (Fsp3) is 0.417. The third kappa shape index (κ3) is 3.35. The van der Waals surface area contributed by atoms with Crippen LogP contribution in [0.25, 0.3) is 0 Å². The zero-order chi connectivity index (χ0) is 13.7. The van der Waals surface area contributed by atoms with Gasteiger partial charge in [-0.1, -0.05) is 0 Å². The molecule has 1 atom stereocenters. The minimum absolute atomic E-state index is 0.108. The first-order chi connectivity index (χ1) is 8.49. The number of hydrogen-bond acceptors (Lipinski definition) is 5. The normalized spacial score (nSPS) is 11.8. The minimum Gasteiger partial charge on any atom is -0.497 e. The Kier molecular flexibility index (Phi) is 4.94. The van der Waals surface area contributed by atoms with Crippen LogP contribution >= 0.6 is 0 Å². The van der Waals surface area contributed by atoms with Crippen LogP contribution in [-0.4, -0.2) is 32.2 Å². The Balaban J connectivity index is 2.95. The van der Waals surface area contributed by atoms with E-state index in [2.05, 4.69) is 0 Å². The van der Waals surface area contributed by atoms with Gasteiger partial charge in [0.2, 0.25) is 5.91 Å². The molecule has 1 rings (SSSR count). The molecule has 0 aliphatic rings. The quantitative estimate of drug-likeness (QED) is 0.451. The van der Waals surface area contributed by atoms with Crippen molar-refractivity contribution >= 4 is 5.91 Å². The van der Waals surface area contributed by atoms with Crippen molar-refractivity contribution in [2.24, 2.45) is 11.6 Å². The van der Waals surface area contributed by atoms with Gasteiger partial charge in [-0.2, -0.15) is 0 Å². The van der Waals surface area contributed by atoms with Gasteiger partial charge in [0.05, 0.1) is 14.2 Å². The summed E-state index contributed by atoms with van der Waals surface area (Å²) < 4.78 is 10.3. The van der Waals surface area contributed by atoms with Crippen LogP contribution in [-0.2, 0) is 4.79 Å². The van der Waals surface area contributed by atoms with Crippen LogP contribution in [0.5, 0.6) is 11.5 Å². The molecular formula is C12H19N3O3. The molecule has 0 bridgehead atoms. The zero-order valence-corrected chi connectivity index (χ0v) is 10.8. The van der Waals surface area contributed by atoms with Crippen LogP contribution in [0.4, 0.5) is 0 Å². The number of rotatable bonds is 5. The Hall–Kier alpha value is -1.79. The first kappa shape index (κ1) is 14.3. The molecule has 0 saturated heterocycles. The number of carbonyl (C=O) groups excluding carboxylic acids is 1. The average Bonchev–Trinajstić information content (AvgIpc) is 2.37. The summed E-state index contributed by atoms with van der Waals surface area (Å²) in [6.07, 6.45) is 0.108. The molecule has 6 heteroatoms. The molecule has 0 radical (unpaired) electrons. The van der Waals surface area contributed by atoms with Crippen LogP contribution in [0, 0.1) is 0 Å². The summed E-state index contributed by atoms with van der Waals surface area (Å²) in [7, 11) is 4.60. The van der Waals surface area contributed by atoms with Crippen molar-refractivity contribution in [2.45, 2.75) is 12.5 Å². The lowest BCUT2D eigenvalue weighted by Gasteiger charge is -2.18. The maximum atomic E-state index is 11.5. The lowest BCUT2D eigenvalue weighted by molar-refractivity contribution is -0.130. The predicted octanol–water partition coefficient (Wildman–Crippen LogP) is 0.426. The number of hydrogen-bond donors (Lipinski definition) is 2. The molecule has 1 aromatic carbocycles. The van der Waals surface area contributed by atoms with Crippen molar-refractivity contribution in [3.8, 4) is 11.5 Å². The van der Waals surface area contributed by atoms with Gasteiger partial charge in [0, 0.05) is 25.1 Å². The van der Waals surface area contributed by atoms with Crippen molar-refractivity contribution in [2.75, 3.05) is 21.3 Å². The highest BCUT2D eigenvalue weighted by molar-refractivity contribution is 5.76. The summed E-state index contributed by atoms with van der Waals surface area (Å²) in [4.78, 5) is 11.5. The number of hydrazine groups is 1. The molecule has 0 aromatic heterocycles. The summed E-state index contributed by atoms with van der Waals surface area (Å²) in [5.74, 6) is 6.40. The molecule has 0 aliphatic carbocycles. The topological polar surface area (TPSA) is 90.8 Å². The van der Waals surface area contributed by atoms with Crippen molar-refractivity contribution in [1.29, 1.82) is 0 Å². The number of amides is 1. The van der Waals surface area contributed by atoms with E-state index in [-0.39, 0.29) is 12.3 Å². The number of nitrogens with two attached hydrogens (primary N) is 2. The first-order valence-corrected chi connectivity index (χ1v) is 5.48. The summed E-state index contributed by atoms with van der Waals surface area (Å²) >= 11 is 0. The molecule has 1 amide bonds. The van der Waals surface area contributed by atoms with Gasteiger partial charge in [0.15, 0.2) is 0 Å². The lowest BCUT2D eigenvalue weighted by atomic mass is 10.0. The number of nitrogens with zero attached hydrogens (tertiary/aromatic N) is 1. The molecule has 0 fully saturated rings. The van der Waals surface area contributed by atoms with Crippen LogP contribution < -0.4 is 21.1 Å². The molecule has 0 saturated carbocycles. The van der Waals surface area contributed by atoms with Gasteiger partial charge >= 0.3 is 0 Å². The minimum atomic E-state index is -0.492. The van der Waals surface area contributed by atoms with E-state index in [0.29, 0.717) is 17.1 Å². The van der Waals surface area contributed by atoms with Gasteiger partial charge in [0.25, 0.3) is 0 Å². The molecule has 1 unspecified atom stereocenters. The summed E-state index contributed by atoms with van der Waals surface area (Å²) in [5, 5.41) is 1.02. The molecular weight excluding hydrogens is 234 g/mol. The van der Waals surface area contributed by atoms with Crippen LogP contribution in [0.2, 0.25) is 0 Å². The standard InChI is InChI=1S/C12H19N3O3/c1-15(14)12(16)7-10(13)9-6-8(17-2)4-5-11(9)18-3/h4-6,10H,7,13-14H2,1-3H3. The van der Waals surface area contributed by atoms with E-state index in [1.165, 1.54) is 7.05 Å². The molecule has 18 heavy (non-hydrogen) atoms. The van der Waals surface area contributed by atoms with Crippen LogP contribution in [0.15, 0.2) is 18.2 Å². The van der Waals surface area contributed by atoms with E-state index < -0.39 is 6.04 Å². The largest absolute Gasteiger partial charge is 0.497 e. The average molecular weight is 253 g/mol. The third-order valence-corrected chi connectivity index (χ3v) is 2.62. The highest BCUT2D eigenvalue weighted by Gasteiger charge is 2.17. The highest BCUT2D eigenvalue weighted by Crippen LogP contribution is 2.29. The van der Waals surface area contributed by atoms with Crippen LogP contribution in [0.1, 0.15) is 18.0 Å². The van der Waals surface area contributed by atoms with Gasteiger partial charge in [-0.15, -0.1) is 0 Å². The number of ether oxygens (including phenoxy) is 2. The van der Waals surface area contributed by atoms with Crippen molar-refractivity contribution in [3.63, 3.8) is 0 Å². The van der Waals surface area contributed by atoms with Gasteiger partial charge < -0.3 is 15.2 Å². The summed E-state index contributed by atoms with van der Waals surface area (Å²) in [6, 6.07) is 4.79. The van der Waals surface area contributed by atoms with Crippen molar-refractivity contribution in [1.82, 2.24) is 5.01 Å². The molecule has 100 valence electrons. The maximum Gasteiger partial charge on any atom is 0.238 e. The number of methoxy groups -OCH3 is 2. The molecule has 0 aliphatic heterocycles. The molecule has 0 heterocycles. The Morgan fingerprint density at radius 1 is 1.39 bits per heavy atom. The Labute approximate surface area is 106 Å². The van der Waals surface area contributed by atoms with E-state index >= 15 is 0 Å². The predicted molar refractivity (Wildman–Crippen MR) is 68.0 cm³/mol. The Morgan fingerprint density at radius 3 is 2.56 bits per heavy atom. The SMILES string of the molecule is COc1ccc(OC)c(C(N)CC(=O)N(C)N)c1. The number of carbonyl (C=O) groups is 1. The summed E-state index contributed by atoms with van der Waals surface area (Å²) in [6.45, 7) is 0. The second-order valence-corrected chi connectivity index (χ2v) is 3.92.